The molecule has 0 bridgehead atoms. The Morgan fingerprint density at radius 3 is 2.57 bits per heavy atom. The summed E-state index contributed by atoms with van der Waals surface area (Å²) in [6, 6.07) is 13.1. The molecule has 0 aliphatic heterocycles. The van der Waals surface area contributed by atoms with Crippen LogP contribution in [0.25, 0.3) is 0 Å². The lowest BCUT2D eigenvalue weighted by molar-refractivity contribution is -0.114. The van der Waals surface area contributed by atoms with E-state index >= 15 is 0 Å². The summed E-state index contributed by atoms with van der Waals surface area (Å²) in [6.45, 7) is 2.64. The minimum Gasteiger partial charge on any atom is -0.494 e. The van der Waals surface area contributed by atoms with Crippen LogP contribution in [-0.2, 0) is 4.79 Å². The van der Waals surface area contributed by atoms with E-state index in [4.69, 9.17) is 4.74 Å². The maximum absolute atomic E-state index is 13.0. The number of ether oxygens (including phenoxy) is 1. The molecule has 5 heteroatoms. The van der Waals surface area contributed by atoms with Gasteiger partial charge >= 0.3 is 0 Å². The van der Waals surface area contributed by atoms with Crippen LogP contribution >= 0.6 is 0 Å². The monoisotopic (exact) mass is 288 g/mol. The van der Waals surface area contributed by atoms with Gasteiger partial charge in [0.2, 0.25) is 5.91 Å². The molecule has 0 saturated heterocycles. The summed E-state index contributed by atoms with van der Waals surface area (Å²) in [6.07, 6.45) is 0. The first-order valence-electron chi connectivity index (χ1n) is 6.69. The molecule has 0 saturated carbocycles. The van der Waals surface area contributed by atoms with Crippen molar-refractivity contribution in [2.24, 2.45) is 0 Å². The van der Waals surface area contributed by atoms with Crippen LogP contribution in [0.15, 0.2) is 48.5 Å². The average Bonchev–Trinajstić information content (AvgIpc) is 2.47. The Morgan fingerprint density at radius 1 is 1.14 bits per heavy atom. The summed E-state index contributed by atoms with van der Waals surface area (Å²) < 4.78 is 18.3. The van der Waals surface area contributed by atoms with Crippen molar-refractivity contribution in [2.75, 3.05) is 23.8 Å². The molecule has 2 rings (SSSR count). The van der Waals surface area contributed by atoms with Gasteiger partial charge in [-0.25, -0.2) is 4.39 Å². The first-order valence-corrected chi connectivity index (χ1v) is 6.69. The van der Waals surface area contributed by atoms with Crippen molar-refractivity contribution in [2.45, 2.75) is 6.92 Å². The molecule has 0 aromatic heterocycles. The zero-order valence-corrected chi connectivity index (χ0v) is 11.7. The van der Waals surface area contributed by atoms with Crippen molar-refractivity contribution in [1.29, 1.82) is 0 Å². The van der Waals surface area contributed by atoms with Crippen LogP contribution in [0.4, 0.5) is 15.8 Å². The first kappa shape index (κ1) is 14.8. The van der Waals surface area contributed by atoms with Crippen LogP contribution in [0.2, 0.25) is 0 Å². The van der Waals surface area contributed by atoms with Gasteiger partial charge < -0.3 is 15.4 Å². The number of anilines is 2. The van der Waals surface area contributed by atoms with Crippen LogP contribution in [0.5, 0.6) is 5.75 Å². The van der Waals surface area contributed by atoms with Crippen molar-refractivity contribution in [3.63, 3.8) is 0 Å². The summed E-state index contributed by atoms with van der Waals surface area (Å²) in [5.74, 6) is 0.161. The Kier molecular flexibility index (Phi) is 5.15. The summed E-state index contributed by atoms with van der Waals surface area (Å²) in [7, 11) is 0. The van der Waals surface area contributed by atoms with Gasteiger partial charge in [-0.15, -0.1) is 0 Å². The van der Waals surface area contributed by atoms with Crippen molar-refractivity contribution >= 4 is 17.3 Å². The molecular weight excluding hydrogens is 271 g/mol. The number of hydrogen-bond donors (Lipinski definition) is 2. The molecule has 21 heavy (non-hydrogen) atoms. The number of benzene rings is 2. The normalized spacial score (nSPS) is 10.0. The lowest BCUT2D eigenvalue weighted by atomic mass is 10.3. The van der Waals surface area contributed by atoms with E-state index in [9.17, 15) is 9.18 Å². The van der Waals surface area contributed by atoms with E-state index in [0.717, 1.165) is 11.4 Å². The Hall–Kier alpha value is -2.56. The Labute approximate surface area is 122 Å². The summed E-state index contributed by atoms with van der Waals surface area (Å²) in [5, 5.41) is 5.61. The van der Waals surface area contributed by atoms with Crippen LogP contribution in [0.1, 0.15) is 6.92 Å². The quantitative estimate of drug-likeness (QED) is 0.857. The minimum atomic E-state index is -0.382. The standard InChI is InChI=1S/C16H17FN2O2/c1-2-21-15-8-6-13(7-9-15)18-11-16(20)19-14-5-3-4-12(17)10-14/h3-10,18H,2,11H2,1H3,(H,19,20). The molecule has 2 aromatic carbocycles. The van der Waals surface area contributed by atoms with Gasteiger partial charge in [0.15, 0.2) is 0 Å². The van der Waals surface area contributed by atoms with Crippen LogP contribution in [0.3, 0.4) is 0 Å². The minimum absolute atomic E-state index is 0.102. The number of rotatable bonds is 6. The Morgan fingerprint density at radius 2 is 1.90 bits per heavy atom. The molecular formula is C16H17FN2O2. The van der Waals surface area contributed by atoms with Crippen molar-refractivity contribution in [3.8, 4) is 5.75 Å². The highest BCUT2D eigenvalue weighted by Crippen LogP contribution is 2.15. The fourth-order valence-electron chi connectivity index (χ4n) is 1.79. The van der Waals surface area contributed by atoms with Crippen LogP contribution < -0.4 is 15.4 Å². The van der Waals surface area contributed by atoms with Crippen molar-refractivity contribution in [3.05, 3.63) is 54.3 Å². The van der Waals surface area contributed by atoms with E-state index in [0.29, 0.717) is 12.3 Å². The molecule has 0 heterocycles. The fraction of sp³-hybridized carbons (Fsp3) is 0.188. The second-order valence-electron chi connectivity index (χ2n) is 4.37. The molecule has 4 nitrogen and oxygen atoms in total. The van der Waals surface area contributed by atoms with Crippen LogP contribution in [-0.4, -0.2) is 19.1 Å². The van der Waals surface area contributed by atoms with E-state index in [-0.39, 0.29) is 18.3 Å². The predicted molar refractivity (Wildman–Crippen MR) is 81.1 cm³/mol. The zero-order valence-electron chi connectivity index (χ0n) is 11.7. The van der Waals surface area contributed by atoms with Gasteiger partial charge in [-0.1, -0.05) is 6.07 Å². The Balaban J connectivity index is 1.83. The third-order valence-electron chi connectivity index (χ3n) is 2.73. The number of halogens is 1. The fourth-order valence-corrected chi connectivity index (χ4v) is 1.79. The molecule has 0 atom stereocenters. The number of amides is 1. The topological polar surface area (TPSA) is 50.4 Å². The maximum atomic E-state index is 13.0. The number of nitrogens with one attached hydrogen (secondary N) is 2. The molecule has 2 aromatic rings. The largest absolute Gasteiger partial charge is 0.494 e. The van der Waals surface area contributed by atoms with Crippen molar-refractivity contribution < 1.29 is 13.9 Å². The molecule has 1 amide bonds. The van der Waals surface area contributed by atoms with Gasteiger partial charge in [0.25, 0.3) is 0 Å². The van der Waals surface area contributed by atoms with E-state index in [1.165, 1.54) is 12.1 Å². The number of hydrogen-bond acceptors (Lipinski definition) is 3. The first-order chi connectivity index (χ1) is 10.2. The van der Waals surface area contributed by atoms with E-state index < -0.39 is 0 Å². The number of carbonyl (C=O) groups is 1. The molecule has 0 unspecified atom stereocenters. The third-order valence-corrected chi connectivity index (χ3v) is 2.73. The number of carbonyl (C=O) groups excluding carboxylic acids is 1. The van der Waals surface area contributed by atoms with E-state index in [2.05, 4.69) is 10.6 Å². The molecule has 110 valence electrons. The smallest absolute Gasteiger partial charge is 0.243 e. The molecule has 0 fully saturated rings. The van der Waals surface area contributed by atoms with Gasteiger partial charge in [0.1, 0.15) is 11.6 Å². The SMILES string of the molecule is CCOc1ccc(NCC(=O)Nc2cccc(F)c2)cc1. The summed E-state index contributed by atoms with van der Waals surface area (Å²) in [4.78, 5) is 11.7. The maximum Gasteiger partial charge on any atom is 0.243 e. The van der Waals surface area contributed by atoms with Gasteiger partial charge in [0.05, 0.1) is 13.2 Å². The highest BCUT2D eigenvalue weighted by Gasteiger charge is 2.03. The lowest BCUT2D eigenvalue weighted by Crippen LogP contribution is -2.21. The second-order valence-corrected chi connectivity index (χ2v) is 4.37. The van der Waals surface area contributed by atoms with Gasteiger partial charge in [-0.3, -0.25) is 4.79 Å². The van der Waals surface area contributed by atoms with Crippen molar-refractivity contribution in [1.82, 2.24) is 0 Å². The summed E-state index contributed by atoms with van der Waals surface area (Å²) in [5.41, 5.74) is 1.25. The third kappa shape index (κ3) is 4.80. The predicted octanol–water partition coefficient (Wildman–Crippen LogP) is 3.28. The molecule has 0 radical (unpaired) electrons. The summed E-state index contributed by atoms with van der Waals surface area (Å²) >= 11 is 0. The second kappa shape index (κ2) is 7.28. The van der Waals surface area contributed by atoms with Gasteiger partial charge in [-0.05, 0) is 49.4 Å². The van der Waals surface area contributed by atoms with Crippen LogP contribution in [0, 0.1) is 5.82 Å². The Bertz CT molecular complexity index is 599. The highest BCUT2D eigenvalue weighted by molar-refractivity contribution is 5.93. The molecule has 0 aliphatic carbocycles. The van der Waals surface area contributed by atoms with Gasteiger partial charge in [0, 0.05) is 11.4 Å². The van der Waals surface area contributed by atoms with Gasteiger partial charge in [-0.2, -0.15) is 0 Å². The highest BCUT2D eigenvalue weighted by atomic mass is 19.1. The molecule has 0 spiro atoms. The van der Waals surface area contributed by atoms with E-state index in [1.54, 1.807) is 12.1 Å². The average molecular weight is 288 g/mol. The lowest BCUT2D eigenvalue weighted by Gasteiger charge is -2.09. The zero-order chi connectivity index (χ0) is 15.1. The molecule has 0 aliphatic rings. The molecule has 2 N–H and O–H groups in total. The van der Waals surface area contributed by atoms with E-state index in [1.807, 2.05) is 31.2 Å².